The Morgan fingerprint density at radius 3 is 2.62 bits per heavy atom. The minimum atomic E-state index is -3.78. The number of piperidine rings is 1. The van der Waals surface area contributed by atoms with Crippen molar-refractivity contribution < 1.29 is 17.5 Å². The van der Waals surface area contributed by atoms with Gasteiger partial charge in [-0.1, -0.05) is 11.6 Å². The third-order valence-corrected chi connectivity index (χ3v) is 5.88. The molecule has 4 nitrogen and oxygen atoms in total. The highest BCUT2D eigenvalue weighted by Crippen LogP contribution is 2.28. The van der Waals surface area contributed by atoms with Crippen molar-refractivity contribution in [3.05, 3.63) is 29.0 Å². The fraction of sp³-hybridized carbons (Fsp3) is 0.538. The van der Waals surface area contributed by atoms with Crippen molar-refractivity contribution >= 4 is 33.2 Å². The average molecular weight is 356 g/mol. The van der Waals surface area contributed by atoms with E-state index in [1.165, 1.54) is 10.4 Å². The number of nitrogens with zero attached hydrogens (tertiary/aromatic N) is 1. The number of hydrogen-bond acceptors (Lipinski definition) is 3. The van der Waals surface area contributed by atoms with Crippen molar-refractivity contribution in [2.45, 2.75) is 23.8 Å². The lowest BCUT2D eigenvalue weighted by Crippen LogP contribution is -2.41. The number of rotatable bonds is 5. The van der Waals surface area contributed by atoms with Gasteiger partial charge in [0.25, 0.3) is 0 Å². The van der Waals surface area contributed by atoms with E-state index < -0.39 is 15.8 Å². The second kappa shape index (κ2) is 7.24. The lowest BCUT2D eigenvalue weighted by molar-refractivity contribution is 0.0301. The third kappa shape index (κ3) is 4.07. The maximum Gasteiger partial charge on any atom is 0.244 e. The summed E-state index contributed by atoms with van der Waals surface area (Å²) in [5.41, 5.74) is 0. The summed E-state index contributed by atoms with van der Waals surface area (Å²) in [5.74, 6) is -0.212. The standard InChI is InChI=1S/C13H16Cl2FNO3S/c14-5-8-20-11-3-6-17(7-4-11)21(18,19)13-9-10(16)1-2-12(13)15/h1-2,9,11H,3-8H2. The van der Waals surface area contributed by atoms with Crippen molar-refractivity contribution in [2.24, 2.45) is 0 Å². The van der Waals surface area contributed by atoms with Crippen molar-refractivity contribution in [1.29, 1.82) is 0 Å². The molecule has 0 aromatic heterocycles. The normalized spacial score (nSPS) is 18.0. The molecular weight excluding hydrogens is 340 g/mol. The Morgan fingerprint density at radius 1 is 1.33 bits per heavy atom. The first-order valence-electron chi connectivity index (χ1n) is 6.58. The molecule has 0 unspecified atom stereocenters. The van der Waals surface area contributed by atoms with Crippen LogP contribution in [0, 0.1) is 5.82 Å². The van der Waals surface area contributed by atoms with Crippen LogP contribution in [0.4, 0.5) is 4.39 Å². The molecule has 21 heavy (non-hydrogen) atoms. The molecule has 1 fully saturated rings. The Kier molecular flexibility index (Phi) is 5.85. The summed E-state index contributed by atoms with van der Waals surface area (Å²) in [7, 11) is -3.78. The zero-order valence-electron chi connectivity index (χ0n) is 11.3. The first kappa shape index (κ1) is 17.0. The molecule has 0 radical (unpaired) electrons. The van der Waals surface area contributed by atoms with Gasteiger partial charge in [0.2, 0.25) is 10.0 Å². The Balaban J connectivity index is 2.10. The largest absolute Gasteiger partial charge is 0.377 e. The SMILES string of the molecule is O=S(=O)(c1cc(F)ccc1Cl)N1CCC(OCCCl)CC1. The molecule has 0 N–H and O–H groups in total. The van der Waals surface area contributed by atoms with Gasteiger partial charge in [-0.3, -0.25) is 0 Å². The molecule has 1 aliphatic heterocycles. The van der Waals surface area contributed by atoms with Gasteiger partial charge in [-0.15, -0.1) is 11.6 Å². The molecule has 1 heterocycles. The summed E-state index contributed by atoms with van der Waals surface area (Å²) in [6, 6.07) is 3.33. The van der Waals surface area contributed by atoms with Crippen LogP contribution in [-0.4, -0.2) is 44.4 Å². The van der Waals surface area contributed by atoms with E-state index in [9.17, 15) is 12.8 Å². The molecule has 0 spiro atoms. The van der Waals surface area contributed by atoms with E-state index in [0.29, 0.717) is 38.4 Å². The summed E-state index contributed by atoms with van der Waals surface area (Å²) in [5, 5.41) is 0.0249. The third-order valence-electron chi connectivity index (χ3n) is 3.34. The molecule has 0 saturated carbocycles. The highest BCUT2D eigenvalue weighted by atomic mass is 35.5. The fourth-order valence-electron chi connectivity index (χ4n) is 2.26. The number of alkyl halides is 1. The van der Waals surface area contributed by atoms with Crippen molar-refractivity contribution in [2.75, 3.05) is 25.6 Å². The van der Waals surface area contributed by atoms with Crippen LogP contribution >= 0.6 is 23.2 Å². The van der Waals surface area contributed by atoms with Gasteiger partial charge in [-0.2, -0.15) is 4.31 Å². The van der Waals surface area contributed by atoms with Gasteiger partial charge in [0.05, 0.1) is 17.7 Å². The predicted octanol–water partition coefficient (Wildman–Crippen LogP) is 2.89. The van der Waals surface area contributed by atoms with E-state index in [1.807, 2.05) is 0 Å². The Bertz CT molecular complexity index is 589. The average Bonchev–Trinajstić information content (AvgIpc) is 2.48. The van der Waals surface area contributed by atoms with Crippen LogP contribution in [0.5, 0.6) is 0 Å². The summed E-state index contributed by atoms with van der Waals surface area (Å²) >= 11 is 11.4. The summed E-state index contributed by atoms with van der Waals surface area (Å²) in [6.07, 6.45) is 1.18. The Hall–Kier alpha value is -0.400. The number of sulfonamides is 1. The molecule has 0 aliphatic carbocycles. The molecule has 2 rings (SSSR count). The molecule has 1 aromatic carbocycles. The van der Waals surface area contributed by atoms with Crippen LogP contribution in [0.15, 0.2) is 23.1 Å². The van der Waals surface area contributed by atoms with Crippen molar-refractivity contribution in [3.8, 4) is 0 Å². The topological polar surface area (TPSA) is 46.6 Å². The monoisotopic (exact) mass is 355 g/mol. The van der Waals surface area contributed by atoms with Crippen molar-refractivity contribution in [3.63, 3.8) is 0 Å². The minimum Gasteiger partial charge on any atom is -0.377 e. The number of ether oxygens (including phenoxy) is 1. The molecule has 118 valence electrons. The molecule has 0 amide bonds. The number of hydrogen-bond donors (Lipinski definition) is 0. The zero-order chi connectivity index (χ0) is 15.5. The van der Waals surface area contributed by atoms with Gasteiger partial charge in [0, 0.05) is 19.0 Å². The Morgan fingerprint density at radius 2 is 2.00 bits per heavy atom. The molecule has 1 saturated heterocycles. The predicted molar refractivity (Wildman–Crippen MR) is 79.9 cm³/mol. The summed E-state index contributed by atoms with van der Waals surface area (Å²) < 4.78 is 45.1. The smallest absolute Gasteiger partial charge is 0.244 e. The van der Waals surface area contributed by atoms with Gasteiger partial charge >= 0.3 is 0 Å². The molecule has 0 atom stereocenters. The summed E-state index contributed by atoms with van der Waals surface area (Å²) in [6.45, 7) is 1.10. The van der Waals surface area contributed by atoms with Gasteiger partial charge < -0.3 is 4.74 Å². The summed E-state index contributed by atoms with van der Waals surface area (Å²) in [4.78, 5) is -0.190. The first-order valence-corrected chi connectivity index (χ1v) is 8.93. The lowest BCUT2D eigenvalue weighted by Gasteiger charge is -2.31. The second-order valence-electron chi connectivity index (χ2n) is 4.74. The molecule has 8 heteroatoms. The van der Waals surface area contributed by atoms with Crippen LogP contribution in [0.25, 0.3) is 0 Å². The highest BCUT2D eigenvalue weighted by molar-refractivity contribution is 7.89. The van der Waals surface area contributed by atoms with Crippen LogP contribution in [-0.2, 0) is 14.8 Å². The molecule has 1 aliphatic rings. The van der Waals surface area contributed by atoms with E-state index >= 15 is 0 Å². The highest BCUT2D eigenvalue weighted by Gasteiger charge is 2.31. The molecule has 0 bridgehead atoms. The van der Waals surface area contributed by atoms with E-state index in [1.54, 1.807) is 0 Å². The maximum atomic E-state index is 13.3. The Labute approximate surface area is 133 Å². The number of halogens is 3. The quantitative estimate of drug-likeness (QED) is 0.763. The van der Waals surface area contributed by atoms with Crippen LogP contribution < -0.4 is 0 Å². The molecule has 1 aromatic rings. The first-order chi connectivity index (χ1) is 9.95. The van der Waals surface area contributed by atoms with Crippen LogP contribution in [0.1, 0.15) is 12.8 Å². The minimum absolute atomic E-state index is 0.0122. The van der Waals surface area contributed by atoms with Gasteiger partial charge in [-0.25, -0.2) is 12.8 Å². The second-order valence-corrected chi connectivity index (χ2v) is 7.43. The molecular formula is C13H16Cl2FNO3S. The van der Waals surface area contributed by atoms with E-state index in [0.717, 1.165) is 12.1 Å². The number of benzene rings is 1. The maximum absolute atomic E-state index is 13.3. The van der Waals surface area contributed by atoms with Gasteiger partial charge in [0.1, 0.15) is 10.7 Å². The van der Waals surface area contributed by atoms with E-state index in [-0.39, 0.29) is 16.0 Å². The van der Waals surface area contributed by atoms with Crippen LogP contribution in [0.3, 0.4) is 0 Å². The fourth-order valence-corrected chi connectivity index (χ4v) is 4.31. The van der Waals surface area contributed by atoms with E-state index in [4.69, 9.17) is 27.9 Å². The van der Waals surface area contributed by atoms with Crippen molar-refractivity contribution in [1.82, 2.24) is 4.31 Å². The van der Waals surface area contributed by atoms with Crippen LogP contribution in [0.2, 0.25) is 5.02 Å². The lowest BCUT2D eigenvalue weighted by atomic mass is 10.1. The van der Waals surface area contributed by atoms with Gasteiger partial charge in [-0.05, 0) is 31.0 Å². The zero-order valence-corrected chi connectivity index (χ0v) is 13.6. The van der Waals surface area contributed by atoms with E-state index in [2.05, 4.69) is 0 Å². The van der Waals surface area contributed by atoms with Gasteiger partial charge in [0.15, 0.2) is 0 Å².